The summed E-state index contributed by atoms with van der Waals surface area (Å²) in [6.07, 6.45) is 2.48. The first kappa shape index (κ1) is 30.7. The quantitative estimate of drug-likeness (QED) is 0.175. The molecule has 0 bridgehead atoms. The Labute approximate surface area is 225 Å². The van der Waals surface area contributed by atoms with Crippen molar-refractivity contribution in [3.8, 4) is 11.3 Å². The van der Waals surface area contributed by atoms with Gasteiger partial charge in [0.05, 0.1) is 5.52 Å². The van der Waals surface area contributed by atoms with Gasteiger partial charge in [-0.2, -0.15) is 0 Å². The molecule has 3 aromatic rings. The number of nitrogens with zero attached hydrogens (tertiary/aromatic N) is 1. The van der Waals surface area contributed by atoms with Crippen molar-refractivity contribution in [2.45, 2.75) is 74.7 Å². The molecule has 1 N–H and O–H groups in total. The van der Waals surface area contributed by atoms with Crippen LogP contribution in [0.2, 0.25) is 0 Å². The van der Waals surface area contributed by atoms with Crippen LogP contribution in [-0.2, 0) is 24.9 Å². The van der Waals surface area contributed by atoms with E-state index in [4.69, 9.17) is 4.98 Å². The first-order chi connectivity index (χ1) is 15.7. The molecule has 1 unspecified atom stereocenters. The van der Waals surface area contributed by atoms with Gasteiger partial charge in [-0.1, -0.05) is 99.1 Å². The largest absolute Gasteiger partial charge is 0.512 e. The number of allylic oxidation sites excluding steroid dienone is 2. The molecule has 0 aliphatic carbocycles. The van der Waals surface area contributed by atoms with Gasteiger partial charge in [0.25, 0.3) is 0 Å². The van der Waals surface area contributed by atoms with E-state index in [1.54, 1.807) is 0 Å². The molecular formula is C31H40IrNO2-. The summed E-state index contributed by atoms with van der Waals surface area (Å²) in [5.74, 6) is 0.671. The predicted octanol–water partition coefficient (Wildman–Crippen LogP) is 8.61. The Bertz CT molecular complexity index is 1170. The molecule has 0 aliphatic rings. The van der Waals surface area contributed by atoms with Gasteiger partial charge in [0.1, 0.15) is 5.76 Å². The van der Waals surface area contributed by atoms with Gasteiger partial charge in [-0.15, -0.1) is 34.9 Å². The number of ketones is 1. The van der Waals surface area contributed by atoms with E-state index in [1.807, 2.05) is 53.7 Å². The number of fused-ring (bicyclic) bond motifs is 1. The van der Waals surface area contributed by atoms with Crippen molar-refractivity contribution in [3.05, 3.63) is 77.6 Å². The van der Waals surface area contributed by atoms with Crippen molar-refractivity contribution in [2.24, 2.45) is 10.8 Å². The number of aliphatic hydroxyl groups excluding tert-OH is 1. The summed E-state index contributed by atoms with van der Waals surface area (Å²) >= 11 is 0. The molecule has 191 valence electrons. The summed E-state index contributed by atoms with van der Waals surface area (Å²) in [6, 6.07) is 20.4. The standard InChI is InChI=1S/C20H20N.C11H20O2.Ir/c1-4-15(3)17-11-14(2)12-18(13-17)20-10-9-16-7-5-6-8-19(16)21-20;1-10(2,3)8(12)7-9(13)11(4,5)6;/h5-11,13,15H,4H2,1-3H3;7,12H,1-6H3;/q-1;;/b;8-7-;. The van der Waals surface area contributed by atoms with Gasteiger partial charge < -0.3 is 5.11 Å². The first-order valence-electron chi connectivity index (χ1n) is 12.1. The SMILES string of the molecule is CC(C)(C)C(=O)/C=C(\O)C(C)(C)C.CCC(C)c1cc(C)[c-]c(-c2ccc3ccccc3n2)c1.[Ir]. The number of aliphatic hydroxyl groups is 1. The fraction of sp³-hybridized carbons (Fsp3) is 0.419. The number of benzene rings is 2. The average Bonchev–Trinajstić information content (AvgIpc) is 2.76. The number of hydrogen-bond acceptors (Lipinski definition) is 3. The maximum absolute atomic E-state index is 11.5. The molecule has 3 nitrogen and oxygen atoms in total. The van der Waals surface area contributed by atoms with Crippen LogP contribution in [0.1, 0.15) is 78.9 Å². The third kappa shape index (κ3) is 9.02. The zero-order valence-corrected chi connectivity index (χ0v) is 25.0. The number of carbonyl (C=O) groups is 1. The third-order valence-electron chi connectivity index (χ3n) is 5.86. The van der Waals surface area contributed by atoms with Crippen molar-refractivity contribution < 1.29 is 30.0 Å². The minimum absolute atomic E-state index is 0. The maximum atomic E-state index is 11.5. The minimum atomic E-state index is -0.417. The Balaban J connectivity index is 0.000000383. The van der Waals surface area contributed by atoms with E-state index >= 15 is 0 Å². The van der Waals surface area contributed by atoms with Crippen molar-refractivity contribution in [1.82, 2.24) is 4.98 Å². The topological polar surface area (TPSA) is 50.2 Å². The van der Waals surface area contributed by atoms with Crippen LogP contribution in [0.15, 0.2) is 60.4 Å². The van der Waals surface area contributed by atoms with Crippen LogP contribution in [-0.4, -0.2) is 15.9 Å². The van der Waals surface area contributed by atoms with E-state index < -0.39 is 5.41 Å². The molecule has 0 saturated heterocycles. The molecule has 0 saturated carbocycles. The first-order valence-corrected chi connectivity index (χ1v) is 12.1. The number of pyridine rings is 1. The van der Waals surface area contributed by atoms with Gasteiger partial charge in [0.15, 0.2) is 5.78 Å². The summed E-state index contributed by atoms with van der Waals surface area (Å²) in [7, 11) is 0. The van der Waals surface area contributed by atoms with Crippen molar-refractivity contribution >= 4 is 16.7 Å². The van der Waals surface area contributed by atoms with Crippen molar-refractivity contribution in [3.63, 3.8) is 0 Å². The molecule has 0 spiro atoms. The number of para-hydroxylation sites is 1. The van der Waals surface area contributed by atoms with Gasteiger partial charge in [-0.05, 0) is 23.1 Å². The fourth-order valence-electron chi connectivity index (χ4n) is 3.17. The third-order valence-corrected chi connectivity index (χ3v) is 5.86. The molecule has 0 amide bonds. The zero-order chi connectivity index (χ0) is 25.7. The number of hydrogen-bond donors (Lipinski definition) is 1. The van der Waals surface area contributed by atoms with Crippen LogP contribution >= 0.6 is 0 Å². The number of aryl methyl sites for hydroxylation is 1. The van der Waals surface area contributed by atoms with Crippen LogP contribution in [0.4, 0.5) is 0 Å². The Hall–Kier alpha value is -2.29. The zero-order valence-electron chi connectivity index (χ0n) is 22.6. The van der Waals surface area contributed by atoms with E-state index in [0.717, 1.165) is 23.2 Å². The summed E-state index contributed by atoms with van der Waals surface area (Å²) in [5, 5.41) is 10.7. The monoisotopic (exact) mass is 651 g/mol. The molecule has 0 fully saturated rings. The molecule has 2 aromatic carbocycles. The van der Waals surface area contributed by atoms with Gasteiger partial charge in [-0.25, -0.2) is 0 Å². The second kappa shape index (κ2) is 12.6. The molecule has 1 heterocycles. The summed E-state index contributed by atoms with van der Waals surface area (Å²) < 4.78 is 0. The predicted molar refractivity (Wildman–Crippen MR) is 144 cm³/mol. The average molecular weight is 651 g/mol. The molecule has 1 atom stereocenters. The molecule has 0 aliphatic heterocycles. The summed E-state index contributed by atoms with van der Waals surface area (Å²) in [5.41, 5.74) is 4.92. The maximum Gasteiger partial charge on any atom is 0.164 e. The Kier molecular flexibility index (Phi) is 11.1. The van der Waals surface area contributed by atoms with Crippen molar-refractivity contribution in [1.29, 1.82) is 0 Å². The summed E-state index contributed by atoms with van der Waals surface area (Å²) in [4.78, 5) is 16.3. The van der Waals surface area contributed by atoms with Gasteiger partial charge in [-0.3, -0.25) is 9.78 Å². The molecule has 1 radical (unpaired) electrons. The Morgan fingerprint density at radius 2 is 1.66 bits per heavy atom. The number of aromatic nitrogens is 1. The van der Waals surface area contributed by atoms with Crippen LogP contribution in [0.5, 0.6) is 0 Å². The smallest absolute Gasteiger partial charge is 0.164 e. The van der Waals surface area contributed by atoms with E-state index in [-0.39, 0.29) is 37.1 Å². The minimum Gasteiger partial charge on any atom is -0.512 e. The molecule has 3 rings (SSSR count). The van der Waals surface area contributed by atoms with Crippen LogP contribution < -0.4 is 0 Å². The molecule has 35 heavy (non-hydrogen) atoms. The van der Waals surface area contributed by atoms with Crippen LogP contribution in [0.25, 0.3) is 22.2 Å². The summed E-state index contributed by atoms with van der Waals surface area (Å²) in [6.45, 7) is 17.7. The Morgan fingerprint density at radius 3 is 2.23 bits per heavy atom. The second-order valence-corrected chi connectivity index (χ2v) is 11.1. The molecular weight excluding hydrogens is 611 g/mol. The van der Waals surface area contributed by atoms with Crippen LogP contribution in [0.3, 0.4) is 0 Å². The van der Waals surface area contributed by atoms with E-state index in [9.17, 15) is 9.90 Å². The van der Waals surface area contributed by atoms with E-state index in [2.05, 4.69) is 63.2 Å². The van der Waals surface area contributed by atoms with Gasteiger partial charge >= 0.3 is 0 Å². The van der Waals surface area contributed by atoms with Crippen LogP contribution in [0, 0.1) is 23.8 Å². The van der Waals surface area contributed by atoms with Gasteiger partial charge in [0, 0.05) is 37.0 Å². The number of carbonyl (C=O) groups excluding carboxylic acids is 1. The van der Waals surface area contributed by atoms with E-state index in [1.165, 1.54) is 22.6 Å². The normalized spacial score (nSPS) is 12.9. The number of rotatable bonds is 4. The Morgan fingerprint density at radius 1 is 1.03 bits per heavy atom. The van der Waals surface area contributed by atoms with Crippen molar-refractivity contribution in [2.75, 3.05) is 0 Å². The van der Waals surface area contributed by atoms with Gasteiger partial charge in [0.2, 0.25) is 0 Å². The second-order valence-electron chi connectivity index (χ2n) is 11.1. The molecule has 4 heteroatoms. The van der Waals surface area contributed by atoms with E-state index in [0.29, 0.717) is 5.92 Å². The molecule has 1 aromatic heterocycles. The fourth-order valence-corrected chi connectivity index (χ4v) is 3.17.